The lowest BCUT2D eigenvalue weighted by Crippen LogP contribution is -2.48. The van der Waals surface area contributed by atoms with E-state index in [1.54, 1.807) is 12.1 Å². The van der Waals surface area contributed by atoms with Crippen LogP contribution in [0.1, 0.15) is 25.7 Å². The molecule has 2 atom stereocenters. The van der Waals surface area contributed by atoms with E-state index in [9.17, 15) is 14.0 Å². The zero-order chi connectivity index (χ0) is 18.4. The Labute approximate surface area is 165 Å². The van der Waals surface area contributed by atoms with E-state index in [2.05, 4.69) is 16.0 Å². The highest BCUT2D eigenvalue weighted by molar-refractivity contribution is 5.89. The van der Waals surface area contributed by atoms with Gasteiger partial charge >= 0.3 is 6.03 Å². The Bertz CT molecular complexity index is 640. The minimum absolute atomic E-state index is 0. The first kappa shape index (κ1) is 21.4. The summed E-state index contributed by atoms with van der Waals surface area (Å²) in [5.74, 6) is 0.196. The Hall–Kier alpha value is -1.86. The van der Waals surface area contributed by atoms with Crippen molar-refractivity contribution in [3.63, 3.8) is 0 Å². The molecule has 0 aromatic heterocycles. The van der Waals surface area contributed by atoms with Gasteiger partial charge in [-0.05, 0) is 56.3 Å². The molecular formula is C19H28ClFN4O2. The largest absolute Gasteiger partial charge is 0.342 e. The van der Waals surface area contributed by atoms with E-state index in [0.29, 0.717) is 18.8 Å². The van der Waals surface area contributed by atoms with E-state index >= 15 is 0 Å². The van der Waals surface area contributed by atoms with Crippen molar-refractivity contribution < 1.29 is 14.0 Å². The fourth-order valence-electron chi connectivity index (χ4n) is 3.73. The first-order valence-corrected chi connectivity index (χ1v) is 9.42. The second-order valence-electron chi connectivity index (χ2n) is 7.18. The van der Waals surface area contributed by atoms with Crippen LogP contribution in [0.5, 0.6) is 0 Å². The number of piperidine rings is 2. The summed E-state index contributed by atoms with van der Waals surface area (Å²) in [5, 5.41) is 8.76. The van der Waals surface area contributed by atoms with Crippen LogP contribution in [0.15, 0.2) is 24.3 Å². The highest BCUT2D eigenvalue weighted by Crippen LogP contribution is 2.20. The molecule has 2 aliphatic heterocycles. The Morgan fingerprint density at radius 3 is 2.85 bits per heavy atom. The van der Waals surface area contributed by atoms with Crippen LogP contribution in [-0.2, 0) is 4.79 Å². The molecule has 1 aromatic rings. The Kier molecular flexibility index (Phi) is 8.31. The second-order valence-corrected chi connectivity index (χ2v) is 7.18. The number of carbonyl (C=O) groups excluding carboxylic acids is 2. The van der Waals surface area contributed by atoms with Crippen molar-refractivity contribution in [2.75, 3.05) is 38.0 Å². The monoisotopic (exact) mass is 398 g/mol. The minimum Gasteiger partial charge on any atom is -0.342 e. The number of carbonyl (C=O) groups is 2. The average molecular weight is 399 g/mol. The zero-order valence-corrected chi connectivity index (χ0v) is 16.2. The number of nitrogens with one attached hydrogen (secondary N) is 3. The van der Waals surface area contributed by atoms with Gasteiger partial charge in [0.2, 0.25) is 5.91 Å². The molecule has 2 unspecified atom stereocenters. The number of rotatable bonds is 4. The van der Waals surface area contributed by atoms with Crippen molar-refractivity contribution in [3.8, 4) is 0 Å². The van der Waals surface area contributed by atoms with Crippen LogP contribution in [0.4, 0.5) is 14.9 Å². The van der Waals surface area contributed by atoms with Crippen molar-refractivity contribution in [3.05, 3.63) is 30.1 Å². The van der Waals surface area contributed by atoms with Gasteiger partial charge < -0.3 is 20.9 Å². The molecule has 3 amide bonds. The lowest BCUT2D eigenvalue weighted by atomic mass is 9.93. The molecule has 2 fully saturated rings. The zero-order valence-electron chi connectivity index (χ0n) is 15.4. The quantitative estimate of drug-likeness (QED) is 0.729. The van der Waals surface area contributed by atoms with E-state index in [0.717, 1.165) is 45.3 Å². The molecule has 150 valence electrons. The Morgan fingerprint density at radius 1 is 1.26 bits per heavy atom. The lowest BCUT2D eigenvalue weighted by molar-refractivity contribution is -0.137. The fourth-order valence-corrected chi connectivity index (χ4v) is 3.73. The van der Waals surface area contributed by atoms with Gasteiger partial charge in [-0.2, -0.15) is 0 Å². The third-order valence-corrected chi connectivity index (χ3v) is 5.11. The van der Waals surface area contributed by atoms with Gasteiger partial charge in [0.1, 0.15) is 5.82 Å². The van der Waals surface area contributed by atoms with E-state index < -0.39 is 0 Å². The number of likely N-dealkylation sites (tertiary alicyclic amines) is 1. The molecular weight excluding hydrogens is 371 g/mol. The van der Waals surface area contributed by atoms with Crippen LogP contribution in [0.3, 0.4) is 0 Å². The summed E-state index contributed by atoms with van der Waals surface area (Å²) in [4.78, 5) is 26.6. The van der Waals surface area contributed by atoms with Crippen LogP contribution >= 0.6 is 12.4 Å². The smallest absolute Gasteiger partial charge is 0.319 e. The lowest BCUT2D eigenvalue weighted by Gasteiger charge is -2.36. The van der Waals surface area contributed by atoms with Crippen molar-refractivity contribution >= 4 is 30.0 Å². The van der Waals surface area contributed by atoms with Crippen LogP contribution in [0.2, 0.25) is 0 Å². The van der Waals surface area contributed by atoms with Gasteiger partial charge in [-0.25, -0.2) is 9.18 Å². The van der Waals surface area contributed by atoms with Crippen LogP contribution in [-0.4, -0.2) is 49.6 Å². The number of hydrogen-bond donors (Lipinski definition) is 3. The topological polar surface area (TPSA) is 73.5 Å². The van der Waals surface area contributed by atoms with E-state index in [-0.39, 0.29) is 42.0 Å². The van der Waals surface area contributed by atoms with Crippen LogP contribution in [0, 0.1) is 17.7 Å². The number of anilines is 1. The molecule has 2 heterocycles. The van der Waals surface area contributed by atoms with Gasteiger partial charge in [-0.1, -0.05) is 6.07 Å². The normalized spacial score (nSPS) is 22.5. The first-order valence-electron chi connectivity index (χ1n) is 9.42. The number of urea groups is 1. The average Bonchev–Trinajstić information content (AvgIpc) is 2.67. The molecule has 3 N–H and O–H groups in total. The van der Waals surface area contributed by atoms with Crippen molar-refractivity contribution in [2.24, 2.45) is 11.8 Å². The maximum atomic E-state index is 13.2. The molecule has 0 radical (unpaired) electrons. The molecule has 0 saturated carbocycles. The summed E-state index contributed by atoms with van der Waals surface area (Å²) in [6, 6.07) is 5.45. The highest BCUT2D eigenvalue weighted by Gasteiger charge is 2.29. The molecule has 27 heavy (non-hydrogen) atoms. The van der Waals surface area contributed by atoms with Crippen molar-refractivity contribution in [1.82, 2.24) is 15.5 Å². The minimum atomic E-state index is -0.388. The molecule has 3 rings (SSSR count). The van der Waals surface area contributed by atoms with E-state index in [4.69, 9.17) is 0 Å². The number of amides is 3. The van der Waals surface area contributed by atoms with E-state index in [1.165, 1.54) is 12.1 Å². The van der Waals surface area contributed by atoms with Crippen LogP contribution < -0.4 is 16.0 Å². The molecule has 0 aliphatic carbocycles. The summed E-state index contributed by atoms with van der Waals surface area (Å²) >= 11 is 0. The van der Waals surface area contributed by atoms with E-state index in [1.807, 2.05) is 4.90 Å². The summed E-state index contributed by atoms with van der Waals surface area (Å²) < 4.78 is 13.2. The summed E-state index contributed by atoms with van der Waals surface area (Å²) in [6.07, 6.45) is 3.97. The molecule has 0 bridgehead atoms. The van der Waals surface area contributed by atoms with Crippen molar-refractivity contribution in [1.29, 1.82) is 0 Å². The van der Waals surface area contributed by atoms with Gasteiger partial charge in [0, 0.05) is 31.9 Å². The fraction of sp³-hybridized carbons (Fsp3) is 0.579. The van der Waals surface area contributed by atoms with Crippen molar-refractivity contribution in [2.45, 2.75) is 25.7 Å². The molecule has 6 nitrogen and oxygen atoms in total. The molecule has 1 aromatic carbocycles. The number of benzene rings is 1. The van der Waals surface area contributed by atoms with Gasteiger partial charge in [0.05, 0.1) is 5.92 Å². The molecule has 2 saturated heterocycles. The van der Waals surface area contributed by atoms with Gasteiger partial charge in [0.15, 0.2) is 0 Å². The van der Waals surface area contributed by atoms with Crippen LogP contribution in [0.25, 0.3) is 0 Å². The standard InChI is InChI=1S/C19H27FN4O2.ClH/c20-16-6-1-7-17(10-16)23-19(26)22-11-14-4-3-9-24(13-14)18(25)15-5-2-8-21-12-15;/h1,6-7,10,14-15,21H,2-5,8-9,11-13H2,(H2,22,23,26);1H. The van der Waals surface area contributed by atoms with Gasteiger partial charge in [0.25, 0.3) is 0 Å². The molecule has 8 heteroatoms. The first-order chi connectivity index (χ1) is 12.6. The highest BCUT2D eigenvalue weighted by atomic mass is 35.5. The number of hydrogen-bond acceptors (Lipinski definition) is 3. The van der Waals surface area contributed by atoms with Gasteiger partial charge in [-0.3, -0.25) is 4.79 Å². The SMILES string of the molecule is Cl.O=C(NCC1CCCN(C(=O)C2CCCNC2)C1)Nc1cccc(F)c1. The molecule has 2 aliphatic rings. The summed E-state index contributed by atoms with van der Waals surface area (Å²) in [5.41, 5.74) is 0.424. The third-order valence-electron chi connectivity index (χ3n) is 5.11. The third kappa shape index (κ3) is 6.36. The van der Waals surface area contributed by atoms with Gasteiger partial charge in [-0.15, -0.1) is 12.4 Å². The Morgan fingerprint density at radius 2 is 2.11 bits per heavy atom. The molecule has 0 spiro atoms. The number of halogens is 2. The maximum Gasteiger partial charge on any atom is 0.319 e. The summed E-state index contributed by atoms with van der Waals surface area (Å²) in [6.45, 7) is 3.77. The summed E-state index contributed by atoms with van der Waals surface area (Å²) in [7, 11) is 0. The predicted molar refractivity (Wildman–Crippen MR) is 106 cm³/mol. The number of nitrogens with zero attached hydrogens (tertiary/aromatic N) is 1. The second kappa shape index (κ2) is 10.5. The Balaban J connectivity index is 0.00000261. The predicted octanol–water partition coefficient (Wildman–Crippen LogP) is 2.61. The maximum absolute atomic E-state index is 13.2.